The fourth-order valence-corrected chi connectivity index (χ4v) is 1.17. The highest BCUT2D eigenvalue weighted by Gasteiger charge is 2.07. The number of unbranched alkanes of at least 4 members (excludes halogenated alkanes) is 1. The third-order valence-corrected chi connectivity index (χ3v) is 1.98. The van der Waals surface area contributed by atoms with Crippen molar-refractivity contribution < 1.29 is 19.4 Å². The molecule has 1 rings (SSSR count). The largest absolute Gasteiger partial charge is 0.481 e. The highest BCUT2D eigenvalue weighted by atomic mass is 16.4. The van der Waals surface area contributed by atoms with E-state index in [1.54, 1.807) is 12.1 Å². The zero-order valence-electron chi connectivity index (χ0n) is 8.85. The summed E-state index contributed by atoms with van der Waals surface area (Å²) in [5, 5.41) is 17.9. The molecule has 1 atom stereocenters. The van der Waals surface area contributed by atoms with Crippen molar-refractivity contribution in [3.8, 4) is 11.8 Å². The van der Waals surface area contributed by atoms with Gasteiger partial charge in [-0.15, -0.1) is 11.8 Å². The van der Waals surface area contributed by atoms with Gasteiger partial charge in [-0.3, -0.25) is 4.79 Å². The van der Waals surface area contributed by atoms with E-state index >= 15 is 0 Å². The molecule has 0 fully saturated rings. The molecule has 0 amide bonds. The number of carboxylic acids is 1. The molecule has 1 unspecified atom stereocenters. The Morgan fingerprint density at radius 1 is 1.50 bits per heavy atom. The van der Waals surface area contributed by atoms with Gasteiger partial charge in [-0.05, 0) is 18.6 Å². The zero-order valence-corrected chi connectivity index (χ0v) is 8.85. The van der Waals surface area contributed by atoms with Gasteiger partial charge in [-0.1, -0.05) is 0 Å². The first-order valence-electron chi connectivity index (χ1n) is 5.09. The van der Waals surface area contributed by atoms with Crippen molar-refractivity contribution >= 4 is 5.97 Å². The summed E-state index contributed by atoms with van der Waals surface area (Å²) in [4.78, 5) is 10.2. The van der Waals surface area contributed by atoms with E-state index in [9.17, 15) is 9.90 Å². The Hall–Kier alpha value is -1.73. The Balaban J connectivity index is 2.19. The van der Waals surface area contributed by atoms with Gasteiger partial charge in [0, 0.05) is 19.3 Å². The monoisotopic (exact) mass is 222 g/mol. The molecule has 1 aromatic rings. The molecule has 4 nitrogen and oxygen atoms in total. The van der Waals surface area contributed by atoms with Crippen LogP contribution in [0.5, 0.6) is 0 Å². The number of hydrogen-bond donors (Lipinski definition) is 2. The minimum absolute atomic E-state index is 0.134. The Morgan fingerprint density at radius 3 is 2.94 bits per heavy atom. The highest BCUT2D eigenvalue weighted by Crippen LogP contribution is 2.15. The maximum absolute atomic E-state index is 10.2. The van der Waals surface area contributed by atoms with E-state index in [4.69, 9.17) is 9.52 Å². The summed E-state index contributed by atoms with van der Waals surface area (Å²) in [6.45, 7) is 0. The molecule has 16 heavy (non-hydrogen) atoms. The Labute approximate surface area is 93.9 Å². The van der Waals surface area contributed by atoms with Gasteiger partial charge in [0.1, 0.15) is 11.9 Å². The summed E-state index contributed by atoms with van der Waals surface area (Å²) in [6, 6.07) is 3.40. The lowest BCUT2D eigenvalue weighted by atomic mass is 10.2. The number of aliphatic carboxylic acids is 1. The van der Waals surface area contributed by atoms with Crippen LogP contribution >= 0.6 is 0 Å². The Kier molecular flexibility index (Phi) is 5.17. The van der Waals surface area contributed by atoms with Crippen LogP contribution in [0.1, 0.15) is 37.5 Å². The minimum atomic E-state index is -0.808. The summed E-state index contributed by atoms with van der Waals surface area (Å²) in [5.41, 5.74) is 0. The van der Waals surface area contributed by atoms with Crippen LogP contribution < -0.4 is 0 Å². The lowest BCUT2D eigenvalue weighted by Crippen LogP contribution is -1.94. The topological polar surface area (TPSA) is 70.7 Å². The number of aliphatic hydroxyl groups is 1. The lowest BCUT2D eigenvalue weighted by Gasteiger charge is -2.00. The van der Waals surface area contributed by atoms with E-state index in [0.717, 1.165) is 0 Å². The number of carbonyl (C=O) groups is 1. The van der Waals surface area contributed by atoms with Crippen LogP contribution in [-0.2, 0) is 4.79 Å². The Morgan fingerprint density at radius 2 is 2.31 bits per heavy atom. The maximum Gasteiger partial charge on any atom is 0.303 e. The van der Waals surface area contributed by atoms with Crippen molar-refractivity contribution in [2.45, 2.75) is 31.8 Å². The number of rotatable bonds is 5. The molecular weight excluding hydrogens is 208 g/mol. The fourth-order valence-electron chi connectivity index (χ4n) is 1.17. The molecule has 2 N–H and O–H groups in total. The van der Waals surface area contributed by atoms with Crippen molar-refractivity contribution in [1.29, 1.82) is 0 Å². The zero-order chi connectivity index (χ0) is 11.8. The second kappa shape index (κ2) is 6.70. The first-order chi connectivity index (χ1) is 7.70. The summed E-state index contributed by atoms with van der Waals surface area (Å²) in [7, 11) is 0. The average molecular weight is 222 g/mol. The number of aliphatic hydroxyl groups excluding tert-OH is 1. The summed E-state index contributed by atoms with van der Waals surface area (Å²) < 4.78 is 5.01. The van der Waals surface area contributed by atoms with Crippen LogP contribution in [0.15, 0.2) is 22.8 Å². The molecule has 0 saturated heterocycles. The van der Waals surface area contributed by atoms with Gasteiger partial charge in [-0.2, -0.15) is 0 Å². The third-order valence-electron chi connectivity index (χ3n) is 1.98. The van der Waals surface area contributed by atoms with Crippen molar-refractivity contribution in [1.82, 2.24) is 0 Å². The molecular formula is C12H14O4. The van der Waals surface area contributed by atoms with E-state index in [2.05, 4.69) is 11.8 Å². The van der Waals surface area contributed by atoms with Gasteiger partial charge in [0.25, 0.3) is 0 Å². The third kappa shape index (κ3) is 4.67. The molecule has 86 valence electrons. The molecule has 0 radical (unpaired) electrons. The van der Waals surface area contributed by atoms with Gasteiger partial charge in [0.2, 0.25) is 0 Å². The summed E-state index contributed by atoms with van der Waals surface area (Å²) in [6.07, 6.45) is 2.31. The molecule has 0 aliphatic heterocycles. The predicted molar refractivity (Wildman–Crippen MR) is 57.5 cm³/mol. The van der Waals surface area contributed by atoms with Gasteiger partial charge in [-0.25, -0.2) is 0 Å². The quantitative estimate of drug-likeness (QED) is 0.590. The summed E-state index contributed by atoms with van der Waals surface area (Å²) in [5.74, 6) is 5.30. The van der Waals surface area contributed by atoms with Gasteiger partial charge in [0.15, 0.2) is 0 Å². The molecule has 0 aliphatic carbocycles. The van der Waals surface area contributed by atoms with Crippen molar-refractivity contribution in [2.75, 3.05) is 0 Å². The van der Waals surface area contributed by atoms with Crippen LogP contribution in [0, 0.1) is 11.8 Å². The normalized spacial score (nSPS) is 11.6. The smallest absolute Gasteiger partial charge is 0.303 e. The second-order valence-electron chi connectivity index (χ2n) is 3.34. The summed E-state index contributed by atoms with van der Waals surface area (Å²) >= 11 is 0. The SMILES string of the molecule is O=C(O)CCCC#CCC(O)c1ccco1. The average Bonchev–Trinajstić information content (AvgIpc) is 2.75. The number of hydrogen-bond acceptors (Lipinski definition) is 3. The van der Waals surface area contributed by atoms with Crippen LogP contribution in [0.2, 0.25) is 0 Å². The molecule has 1 aromatic heterocycles. The number of carboxylic acid groups (broad SMARTS) is 1. The van der Waals surface area contributed by atoms with E-state index in [1.165, 1.54) is 6.26 Å². The van der Waals surface area contributed by atoms with Crippen molar-refractivity contribution in [3.63, 3.8) is 0 Å². The molecule has 0 saturated carbocycles. The molecule has 0 spiro atoms. The van der Waals surface area contributed by atoms with Crippen LogP contribution in [-0.4, -0.2) is 16.2 Å². The predicted octanol–water partition coefficient (Wildman–Crippen LogP) is 1.96. The first kappa shape index (κ1) is 12.3. The standard InChI is InChI=1S/C12H14O4/c13-10(11-7-5-9-16-11)6-3-1-2-4-8-12(14)15/h5,7,9-10,13H,2,4,6,8H2,(H,14,15). The molecule has 4 heteroatoms. The van der Waals surface area contributed by atoms with E-state index in [-0.39, 0.29) is 6.42 Å². The van der Waals surface area contributed by atoms with Gasteiger partial charge in [0.05, 0.1) is 6.26 Å². The van der Waals surface area contributed by atoms with Crippen LogP contribution in [0.4, 0.5) is 0 Å². The molecule has 0 aromatic carbocycles. The maximum atomic E-state index is 10.2. The lowest BCUT2D eigenvalue weighted by molar-refractivity contribution is -0.137. The fraction of sp³-hybridized carbons (Fsp3) is 0.417. The van der Waals surface area contributed by atoms with Gasteiger partial charge >= 0.3 is 5.97 Å². The first-order valence-corrected chi connectivity index (χ1v) is 5.09. The van der Waals surface area contributed by atoms with E-state index < -0.39 is 12.1 Å². The molecule has 1 heterocycles. The highest BCUT2D eigenvalue weighted by molar-refractivity contribution is 5.66. The van der Waals surface area contributed by atoms with Crippen molar-refractivity contribution in [2.24, 2.45) is 0 Å². The Bertz CT molecular complexity index is 369. The van der Waals surface area contributed by atoms with E-state index in [1.807, 2.05) is 0 Å². The number of furan rings is 1. The van der Waals surface area contributed by atoms with Crippen molar-refractivity contribution in [3.05, 3.63) is 24.2 Å². The van der Waals surface area contributed by atoms with Crippen LogP contribution in [0.25, 0.3) is 0 Å². The molecule has 0 bridgehead atoms. The molecule has 0 aliphatic rings. The van der Waals surface area contributed by atoms with Crippen LogP contribution in [0.3, 0.4) is 0 Å². The van der Waals surface area contributed by atoms with E-state index in [0.29, 0.717) is 25.0 Å². The minimum Gasteiger partial charge on any atom is -0.481 e. The second-order valence-corrected chi connectivity index (χ2v) is 3.34. The van der Waals surface area contributed by atoms with Gasteiger partial charge < -0.3 is 14.6 Å².